The number of hydrogen-bond acceptors (Lipinski definition) is 5. The molecule has 0 atom stereocenters. The third-order valence-electron chi connectivity index (χ3n) is 0.867. The fourth-order valence-electron chi connectivity index (χ4n) is 0.449. The smallest absolute Gasteiger partial charge is 0.231 e. The highest BCUT2D eigenvalue weighted by Crippen LogP contribution is 2.04. The maximum atomic E-state index is 10.8. The average molecular weight is 193 g/mol. The summed E-state index contributed by atoms with van der Waals surface area (Å²) in [5.74, 6) is 0.136. The van der Waals surface area contributed by atoms with Crippen molar-refractivity contribution in [2.24, 2.45) is 0 Å². The molecule has 0 spiro atoms. The van der Waals surface area contributed by atoms with Crippen LogP contribution in [0.15, 0.2) is 0 Å². The van der Waals surface area contributed by atoms with Crippen molar-refractivity contribution in [2.45, 2.75) is 6.42 Å². The van der Waals surface area contributed by atoms with Crippen molar-refractivity contribution in [1.29, 1.82) is 0 Å². The number of nitrogens with zero attached hydrogens (tertiary/aromatic N) is 3. The van der Waals surface area contributed by atoms with Crippen molar-refractivity contribution in [3.05, 3.63) is 0 Å². The number of aromatic nitrogens is 3. The summed E-state index contributed by atoms with van der Waals surface area (Å²) in [5, 5.41) is 9.71. The minimum atomic E-state index is -0.168. The van der Waals surface area contributed by atoms with Crippen LogP contribution in [0, 0.1) is 0 Å². The lowest BCUT2D eigenvalue weighted by Crippen LogP contribution is -2.11. The van der Waals surface area contributed by atoms with E-state index in [1.165, 1.54) is 0 Å². The molecule has 0 saturated heterocycles. The first-order valence-corrected chi connectivity index (χ1v) is 4.14. The molecule has 0 aromatic carbocycles. The molecule has 1 heterocycles. The molecule has 0 fully saturated rings. The Labute approximate surface area is 71.9 Å². The van der Waals surface area contributed by atoms with E-state index in [0.29, 0.717) is 11.0 Å². The molecule has 0 bridgehead atoms. The molecule has 0 aliphatic rings. The van der Waals surface area contributed by atoms with E-state index in [-0.39, 0.29) is 12.3 Å². The molecule has 1 aromatic heterocycles. The average Bonchev–Trinajstić information content (AvgIpc) is 2.40. The first kappa shape index (κ1) is 8.35. The Morgan fingerprint density at radius 1 is 1.73 bits per heavy atom. The molecule has 0 saturated carbocycles. The van der Waals surface area contributed by atoms with Crippen molar-refractivity contribution < 1.29 is 4.79 Å². The Balaban J connectivity index is 2.37. The number of nitrogens with one attached hydrogen (secondary N) is 1. The molecule has 60 valence electrons. The number of carbonyl (C=O) groups excluding carboxylic acids is 1. The van der Waals surface area contributed by atoms with Crippen molar-refractivity contribution in [1.82, 2.24) is 14.8 Å². The van der Waals surface area contributed by atoms with E-state index in [2.05, 4.69) is 20.1 Å². The standard InChI is InChI=1S/C4H5ClN4OS/c5-2-1-3(10)6-4-7-8-9-11-4/h1-2H2,(H,6,7,9,10). The summed E-state index contributed by atoms with van der Waals surface area (Å²) in [6, 6.07) is 0. The largest absolute Gasteiger partial charge is 0.299 e. The van der Waals surface area contributed by atoms with Gasteiger partial charge in [0.25, 0.3) is 0 Å². The minimum absolute atomic E-state index is 0.168. The second kappa shape index (κ2) is 4.20. The van der Waals surface area contributed by atoms with E-state index in [4.69, 9.17) is 11.6 Å². The first-order valence-electron chi connectivity index (χ1n) is 2.84. The van der Waals surface area contributed by atoms with Crippen molar-refractivity contribution in [3.63, 3.8) is 0 Å². The fraction of sp³-hybridized carbons (Fsp3) is 0.500. The number of hydrogen-bond donors (Lipinski definition) is 1. The predicted octanol–water partition coefficient (Wildman–Crippen LogP) is 0.500. The van der Waals surface area contributed by atoms with Crippen molar-refractivity contribution in [3.8, 4) is 0 Å². The quantitative estimate of drug-likeness (QED) is 0.709. The number of halogens is 1. The Kier molecular flexibility index (Phi) is 3.18. The topological polar surface area (TPSA) is 67.8 Å². The van der Waals surface area contributed by atoms with E-state index in [1.807, 2.05) is 0 Å². The lowest BCUT2D eigenvalue weighted by Gasteiger charge is -1.94. The monoisotopic (exact) mass is 192 g/mol. The third kappa shape index (κ3) is 2.77. The van der Waals surface area contributed by atoms with Crippen LogP contribution in [-0.4, -0.2) is 26.6 Å². The maximum absolute atomic E-state index is 10.8. The van der Waals surface area contributed by atoms with Gasteiger partial charge in [-0.1, -0.05) is 9.59 Å². The highest BCUT2D eigenvalue weighted by Gasteiger charge is 2.03. The molecule has 0 radical (unpaired) electrons. The summed E-state index contributed by atoms with van der Waals surface area (Å²) < 4.78 is 3.47. The second-order valence-electron chi connectivity index (χ2n) is 1.65. The second-order valence-corrected chi connectivity index (χ2v) is 2.77. The molecular weight excluding hydrogens is 188 g/mol. The molecule has 1 aromatic rings. The van der Waals surface area contributed by atoms with E-state index in [0.717, 1.165) is 11.5 Å². The first-order chi connectivity index (χ1) is 5.33. The normalized spacial score (nSPS) is 9.55. The van der Waals surface area contributed by atoms with Crippen LogP contribution in [0.5, 0.6) is 0 Å². The highest BCUT2D eigenvalue weighted by molar-refractivity contribution is 7.09. The van der Waals surface area contributed by atoms with Gasteiger partial charge in [-0.15, -0.1) is 11.6 Å². The van der Waals surface area contributed by atoms with Crippen LogP contribution in [0.4, 0.5) is 5.13 Å². The molecule has 5 nitrogen and oxygen atoms in total. The Bertz CT molecular complexity index is 226. The van der Waals surface area contributed by atoms with Crippen molar-refractivity contribution in [2.75, 3.05) is 11.2 Å². The Hall–Kier alpha value is -0.750. The highest BCUT2D eigenvalue weighted by atomic mass is 35.5. The van der Waals surface area contributed by atoms with Crippen LogP contribution in [-0.2, 0) is 4.79 Å². The van der Waals surface area contributed by atoms with Crippen molar-refractivity contribution >= 4 is 34.2 Å². The van der Waals surface area contributed by atoms with Gasteiger partial charge in [0.2, 0.25) is 11.0 Å². The molecule has 0 unspecified atom stereocenters. The Morgan fingerprint density at radius 2 is 2.55 bits per heavy atom. The van der Waals surface area contributed by atoms with Crippen LogP contribution in [0.1, 0.15) is 6.42 Å². The minimum Gasteiger partial charge on any atom is -0.299 e. The summed E-state index contributed by atoms with van der Waals surface area (Å²) in [6.07, 6.45) is 0.279. The van der Waals surface area contributed by atoms with Gasteiger partial charge in [-0.2, -0.15) is 0 Å². The van der Waals surface area contributed by atoms with Crippen LogP contribution in [0.25, 0.3) is 0 Å². The predicted molar refractivity (Wildman–Crippen MR) is 41.7 cm³/mol. The molecule has 1 N–H and O–H groups in total. The number of amides is 1. The van der Waals surface area contributed by atoms with Gasteiger partial charge in [-0.3, -0.25) is 10.1 Å². The van der Waals surface area contributed by atoms with Gasteiger partial charge in [-0.25, -0.2) is 0 Å². The number of rotatable bonds is 3. The number of carbonyl (C=O) groups is 1. The number of alkyl halides is 1. The molecule has 7 heteroatoms. The van der Waals surface area contributed by atoms with Gasteiger partial charge >= 0.3 is 0 Å². The molecule has 1 rings (SSSR count). The zero-order valence-corrected chi connectivity index (χ0v) is 7.02. The summed E-state index contributed by atoms with van der Waals surface area (Å²) in [7, 11) is 0. The zero-order chi connectivity index (χ0) is 8.10. The number of anilines is 1. The van der Waals surface area contributed by atoms with E-state index in [1.54, 1.807) is 0 Å². The Morgan fingerprint density at radius 3 is 3.09 bits per heavy atom. The third-order valence-corrected chi connectivity index (χ3v) is 1.57. The van der Waals surface area contributed by atoms with Gasteiger partial charge in [-0.05, 0) is 5.21 Å². The summed E-state index contributed by atoms with van der Waals surface area (Å²) in [6.45, 7) is 0. The molecular formula is C4H5ClN4OS. The zero-order valence-electron chi connectivity index (χ0n) is 5.45. The fourth-order valence-corrected chi connectivity index (χ4v) is 1.00. The van der Waals surface area contributed by atoms with Crippen LogP contribution in [0.3, 0.4) is 0 Å². The van der Waals surface area contributed by atoms with Gasteiger partial charge in [0.15, 0.2) is 0 Å². The van der Waals surface area contributed by atoms with Gasteiger partial charge in [0, 0.05) is 23.8 Å². The van der Waals surface area contributed by atoms with Crippen LogP contribution >= 0.6 is 23.1 Å². The van der Waals surface area contributed by atoms with Gasteiger partial charge < -0.3 is 0 Å². The lowest BCUT2D eigenvalue weighted by atomic mass is 10.5. The molecule has 0 aliphatic carbocycles. The van der Waals surface area contributed by atoms with E-state index < -0.39 is 0 Å². The molecule has 0 aliphatic heterocycles. The molecule has 11 heavy (non-hydrogen) atoms. The van der Waals surface area contributed by atoms with Gasteiger partial charge in [0.05, 0.1) is 0 Å². The summed E-state index contributed by atoms with van der Waals surface area (Å²) >= 11 is 6.36. The van der Waals surface area contributed by atoms with Crippen LogP contribution in [0.2, 0.25) is 0 Å². The van der Waals surface area contributed by atoms with Crippen LogP contribution < -0.4 is 5.32 Å². The molecule has 1 amide bonds. The lowest BCUT2D eigenvalue weighted by molar-refractivity contribution is -0.115. The van der Waals surface area contributed by atoms with E-state index >= 15 is 0 Å². The van der Waals surface area contributed by atoms with E-state index in [9.17, 15) is 4.79 Å². The summed E-state index contributed by atoms with van der Waals surface area (Å²) in [4.78, 5) is 10.8. The summed E-state index contributed by atoms with van der Waals surface area (Å²) in [5.41, 5.74) is 0. The van der Waals surface area contributed by atoms with Gasteiger partial charge in [0.1, 0.15) is 0 Å². The SMILES string of the molecule is O=C(CCCl)Nc1nnns1. The maximum Gasteiger partial charge on any atom is 0.231 e.